The highest BCUT2D eigenvalue weighted by atomic mass is 32.2. The number of pyridine rings is 1. The van der Waals surface area contributed by atoms with E-state index in [1.54, 1.807) is 7.11 Å². The molecule has 3 rings (SSSR count). The predicted octanol–water partition coefficient (Wildman–Crippen LogP) is 2.70. The van der Waals surface area contributed by atoms with E-state index < -0.39 is 0 Å². The number of nitrogens with zero attached hydrogens (tertiary/aromatic N) is 3. The summed E-state index contributed by atoms with van der Waals surface area (Å²) in [5, 5.41) is 0. The zero-order valence-corrected chi connectivity index (χ0v) is 12.7. The molecule has 0 bridgehead atoms. The van der Waals surface area contributed by atoms with Gasteiger partial charge < -0.3 is 10.5 Å². The van der Waals surface area contributed by atoms with Gasteiger partial charge in [0.2, 0.25) is 11.8 Å². The molecule has 20 heavy (non-hydrogen) atoms. The van der Waals surface area contributed by atoms with Gasteiger partial charge in [0.15, 0.2) is 5.65 Å². The van der Waals surface area contributed by atoms with Crippen LogP contribution in [0.3, 0.4) is 0 Å². The first kappa shape index (κ1) is 13.5. The fourth-order valence-corrected chi connectivity index (χ4v) is 3.96. The van der Waals surface area contributed by atoms with E-state index >= 15 is 0 Å². The van der Waals surface area contributed by atoms with Crippen LogP contribution in [0.5, 0.6) is 5.88 Å². The Labute approximate surface area is 122 Å². The molecule has 108 valence electrons. The first-order valence-corrected chi connectivity index (χ1v) is 8.12. The molecular formula is C14H20N4OS. The van der Waals surface area contributed by atoms with Crippen molar-refractivity contribution >= 4 is 28.9 Å². The Morgan fingerprint density at radius 3 is 2.75 bits per heavy atom. The maximum atomic E-state index is 6.10. The van der Waals surface area contributed by atoms with Crippen LogP contribution in [0, 0.1) is 0 Å². The summed E-state index contributed by atoms with van der Waals surface area (Å²) in [4.78, 5) is 8.92. The SMILES string of the molecule is COc1ccc2nc(N)n(CC3(SC)CCCC3)c2n1. The Hall–Kier alpha value is -1.43. The van der Waals surface area contributed by atoms with Gasteiger partial charge in [0.1, 0.15) is 5.52 Å². The first-order valence-electron chi connectivity index (χ1n) is 6.89. The van der Waals surface area contributed by atoms with Crippen molar-refractivity contribution in [3.05, 3.63) is 12.1 Å². The summed E-state index contributed by atoms with van der Waals surface area (Å²) in [5.74, 6) is 1.14. The van der Waals surface area contributed by atoms with E-state index in [1.165, 1.54) is 25.7 Å². The number of hydrogen-bond acceptors (Lipinski definition) is 5. The largest absolute Gasteiger partial charge is 0.481 e. The third-order valence-electron chi connectivity index (χ3n) is 4.20. The Bertz CT molecular complexity index is 619. The average Bonchev–Trinajstić information content (AvgIpc) is 3.05. The highest BCUT2D eigenvalue weighted by Crippen LogP contribution is 2.42. The number of imidazole rings is 1. The number of fused-ring (bicyclic) bond motifs is 1. The molecule has 0 aromatic carbocycles. The molecule has 6 heteroatoms. The quantitative estimate of drug-likeness (QED) is 0.938. The maximum absolute atomic E-state index is 6.10. The van der Waals surface area contributed by atoms with Crippen molar-refractivity contribution in [3.8, 4) is 5.88 Å². The van der Waals surface area contributed by atoms with Gasteiger partial charge in [-0.15, -0.1) is 0 Å². The van der Waals surface area contributed by atoms with Gasteiger partial charge in [0, 0.05) is 17.4 Å². The van der Waals surface area contributed by atoms with E-state index in [2.05, 4.69) is 16.2 Å². The second-order valence-corrected chi connectivity index (χ2v) is 6.62. The molecule has 0 amide bonds. The van der Waals surface area contributed by atoms with Crippen molar-refractivity contribution in [3.63, 3.8) is 0 Å². The monoisotopic (exact) mass is 292 g/mol. The van der Waals surface area contributed by atoms with E-state index in [0.717, 1.165) is 17.7 Å². The normalized spacial score (nSPS) is 17.7. The summed E-state index contributed by atoms with van der Waals surface area (Å²) in [5.41, 5.74) is 7.75. The van der Waals surface area contributed by atoms with Crippen LogP contribution < -0.4 is 10.5 Å². The minimum atomic E-state index is 0.270. The molecule has 2 aromatic heterocycles. The fourth-order valence-electron chi connectivity index (χ4n) is 3.01. The molecule has 1 aliphatic carbocycles. The fraction of sp³-hybridized carbons (Fsp3) is 0.571. The highest BCUT2D eigenvalue weighted by Gasteiger charge is 2.34. The van der Waals surface area contributed by atoms with Crippen LogP contribution in [0.1, 0.15) is 25.7 Å². The Morgan fingerprint density at radius 2 is 2.10 bits per heavy atom. The lowest BCUT2D eigenvalue weighted by molar-refractivity contribution is 0.398. The lowest BCUT2D eigenvalue weighted by Crippen LogP contribution is -2.27. The lowest BCUT2D eigenvalue weighted by atomic mass is 10.1. The number of hydrogen-bond donors (Lipinski definition) is 1. The van der Waals surface area contributed by atoms with Crippen molar-refractivity contribution in [2.24, 2.45) is 0 Å². The third-order valence-corrected chi connectivity index (χ3v) is 5.60. The lowest BCUT2D eigenvalue weighted by Gasteiger charge is -2.27. The molecule has 0 unspecified atom stereocenters. The average molecular weight is 292 g/mol. The number of rotatable bonds is 4. The number of nitrogens with two attached hydrogens (primary N) is 1. The van der Waals surface area contributed by atoms with Gasteiger partial charge in [-0.05, 0) is 25.2 Å². The van der Waals surface area contributed by atoms with Gasteiger partial charge in [-0.1, -0.05) is 12.8 Å². The van der Waals surface area contributed by atoms with Gasteiger partial charge in [-0.25, -0.2) is 4.98 Å². The Morgan fingerprint density at radius 1 is 1.35 bits per heavy atom. The van der Waals surface area contributed by atoms with Crippen LogP contribution >= 0.6 is 11.8 Å². The van der Waals surface area contributed by atoms with Gasteiger partial charge in [-0.2, -0.15) is 16.7 Å². The molecular weight excluding hydrogens is 272 g/mol. The number of ether oxygens (including phenoxy) is 1. The zero-order valence-electron chi connectivity index (χ0n) is 11.9. The molecule has 1 aliphatic rings. The molecule has 2 N–H and O–H groups in total. The predicted molar refractivity (Wildman–Crippen MR) is 83.2 cm³/mol. The second-order valence-electron chi connectivity index (χ2n) is 5.35. The summed E-state index contributed by atoms with van der Waals surface area (Å²) >= 11 is 1.94. The van der Waals surface area contributed by atoms with Gasteiger partial charge in [0.25, 0.3) is 0 Å². The summed E-state index contributed by atoms with van der Waals surface area (Å²) in [6.07, 6.45) is 7.25. The molecule has 1 saturated carbocycles. The second kappa shape index (κ2) is 5.16. The van der Waals surface area contributed by atoms with Crippen molar-refractivity contribution in [1.29, 1.82) is 0 Å². The van der Waals surface area contributed by atoms with Gasteiger partial charge in [0.05, 0.1) is 7.11 Å². The van der Waals surface area contributed by atoms with Gasteiger partial charge >= 0.3 is 0 Å². The van der Waals surface area contributed by atoms with Crippen molar-refractivity contribution in [1.82, 2.24) is 14.5 Å². The van der Waals surface area contributed by atoms with E-state index in [4.69, 9.17) is 10.5 Å². The number of anilines is 1. The van der Waals surface area contributed by atoms with E-state index in [0.29, 0.717) is 11.8 Å². The minimum Gasteiger partial charge on any atom is -0.481 e. The van der Waals surface area contributed by atoms with Crippen molar-refractivity contribution in [2.45, 2.75) is 37.0 Å². The number of aromatic nitrogens is 3. The summed E-state index contributed by atoms with van der Waals surface area (Å²) < 4.78 is 7.52. The summed E-state index contributed by atoms with van der Waals surface area (Å²) in [6.45, 7) is 0.872. The smallest absolute Gasteiger partial charge is 0.215 e. The number of nitrogen functional groups attached to an aromatic ring is 1. The Kier molecular flexibility index (Phi) is 3.50. The maximum Gasteiger partial charge on any atom is 0.215 e. The van der Waals surface area contributed by atoms with Crippen LogP contribution in [0.2, 0.25) is 0 Å². The van der Waals surface area contributed by atoms with E-state index in [9.17, 15) is 0 Å². The van der Waals surface area contributed by atoms with E-state index in [-0.39, 0.29) is 4.75 Å². The van der Waals surface area contributed by atoms with Crippen LogP contribution in [-0.2, 0) is 6.54 Å². The first-order chi connectivity index (χ1) is 9.67. The number of methoxy groups -OCH3 is 1. The number of thioether (sulfide) groups is 1. The summed E-state index contributed by atoms with van der Waals surface area (Å²) in [6, 6.07) is 3.73. The van der Waals surface area contributed by atoms with E-state index in [1.807, 2.05) is 28.5 Å². The van der Waals surface area contributed by atoms with Crippen LogP contribution in [0.25, 0.3) is 11.2 Å². The van der Waals surface area contributed by atoms with Gasteiger partial charge in [-0.3, -0.25) is 4.57 Å². The van der Waals surface area contributed by atoms with Crippen molar-refractivity contribution < 1.29 is 4.74 Å². The van der Waals surface area contributed by atoms with Crippen LogP contribution in [-0.4, -0.2) is 32.6 Å². The van der Waals surface area contributed by atoms with Crippen LogP contribution in [0.4, 0.5) is 5.95 Å². The Balaban J connectivity index is 2.03. The molecule has 2 heterocycles. The zero-order chi connectivity index (χ0) is 14.2. The molecule has 1 fully saturated rings. The molecule has 0 atom stereocenters. The minimum absolute atomic E-state index is 0.270. The third kappa shape index (κ3) is 2.22. The van der Waals surface area contributed by atoms with Crippen LogP contribution in [0.15, 0.2) is 12.1 Å². The molecule has 0 saturated heterocycles. The highest BCUT2D eigenvalue weighted by molar-refractivity contribution is 8.00. The molecule has 0 aliphatic heterocycles. The molecule has 0 radical (unpaired) electrons. The topological polar surface area (TPSA) is 66.0 Å². The summed E-state index contributed by atoms with van der Waals surface area (Å²) in [7, 11) is 1.62. The molecule has 0 spiro atoms. The molecule has 2 aromatic rings. The molecule has 5 nitrogen and oxygen atoms in total. The van der Waals surface area contributed by atoms with Crippen molar-refractivity contribution in [2.75, 3.05) is 19.1 Å². The standard InChI is InChI=1S/C14H20N4OS/c1-19-11-6-5-10-12(17-11)18(13(15)16-10)9-14(20-2)7-3-4-8-14/h5-6H,3-4,7-9H2,1-2H3,(H2,15,16).